The molecule has 0 aliphatic carbocycles. The summed E-state index contributed by atoms with van der Waals surface area (Å²) in [4.78, 5) is 0. The van der Waals surface area contributed by atoms with Crippen molar-refractivity contribution in [1.82, 2.24) is 0 Å². The van der Waals surface area contributed by atoms with Gasteiger partial charge in [0.25, 0.3) is 0 Å². The van der Waals surface area contributed by atoms with E-state index in [1.54, 1.807) is 0 Å². The van der Waals surface area contributed by atoms with Crippen LogP contribution >= 0.6 is 0 Å². The van der Waals surface area contributed by atoms with Crippen LogP contribution in [0.15, 0.2) is 12.1 Å². The summed E-state index contributed by atoms with van der Waals surface area (Å²) < 4.78 is 5.56. The molecule has 2 nitrogen and oxygen atoms in total. The predicted molar refractivity (Wildman–Crippen MR) is 57.6 cm³/mol. The third-order valence-electron chi connectivity index (χ3n) is 2.71. The van der Waals surface area contributed by atoms with Crippen molar-refractivity contribution in [3.8, 4) is 5.75 Å². The quantitative estimate of drug-likeness (QED) is 0.738. The number of ether oxygens (including phenoxy) is 1. The summed E-state index contributed by atoms with van der Waals surface area (Å²) in [5.41, 5.74) is 9.52. The molecule has 2 heteroatoms. The zero-order valence-corrected chi connectivity index (χ0v) is 9.05. The van der Waals surface area contributed by atoms with E-state index in [1.807, 2.05) is 13.8 Å². The fourth-order valence-corrected chi connectivity index (χ4v) is 1.87. The summed E-state index contributed by atoms with van der Waals surface area (Å²) in [6.45, 7) is 6.96. The van der Waals surface area contributed by atoms with Gasteiger partial charge in [0.05, 0.1) is 6.61 Å². The van der Waals surface area contributed by atoms with E-state index < -0.39 is 0 Å². The van der Waals surface area contributed by atoms with Gasteiger partial charge in [-0.2, -0.15) is 0 Å². The van der Waals surface area contributed by atoms with Crippen molar-refractivity contribution >= 4 is 0 Å². The first kappa shape index (κ1) is 9.53. The first-order valence-electron chi connectivity index (χ1n) is 5.04. The number of aryl methyl sites for hydroxylation is 1. The maximum atomic E-state index is 6.08. The van der Waals surface area contributed by atoms with Gasteiger partial charge in [0.15, 0.2) is 0 Å². The van der Waals surface area contributed by atoms with Gasteiger partial charge in [0.1, 0.15) is 5.75 Å². The highest BCUT2D eigenvalue weighted by molar-refractivity contribution is 5.47. The second-order valence-electron chi connectivity index (χ2n) is 4.60. The van der Waals surface area contributed by atoms with Gasteiger partial charge in [-0.3, -0.25) is 0 Å². The van der Waals surface area contributed by atoms with Crippen molar-refractivity contribution in [2.24, 2.45) is 5.73 Å². The van der Waals surface area contributed by atoms with Gasteiger partial charge in [-0.25, -0.2) is 0 Å². The molecule has 2 N–H and O–H groups in total. The van der Waals surface area contributed by atoms with Crippen LogP contribution in [0.4, 0.5) is 0 Å². The van der Waals surface area contributed by atoms with Gasteiger partial charge < -0.3 is 10.5 Å². The van der Waals surface area contributed by atoms with E-state index in [4.69, 9.17) is 10.5 Å². The summed E-state index contributed by atoms with van der Waals surface area (Å²) in [5, 5.41) is 0. The number of nitrogens with two attached hydrogens (primary N) is 1. The standard InChI is InChI=1S/C12H17NO/c1-8-6-10(12(2,3)13)7-9-4-5-14-11(8)9/h6-7H,4-5,13H2,1-3H3. The number of hydrogen-bond acceptors (Lipinski definition) is 2. The van der Waals surface area contributed by atoms with Crippen LogP contribution in [0.2, 0.25) is 0 Å². The van der Waals surface area contributed by atoms with E-state index in [-0.39, 0.29) is 5.54 Å². The van der Waals surface area contributed by atoms with Crippen LogP contribution in [0, 0.1) is 6.92 Å². The molecule has 0 fully saturated rings. The molecule has 0 saturated carbocycles. The lowest BCUT2D eigenvalue weighted by Gasteiger charge is -2.20. The van der Waals surface area contributed by atoms with Gasteiger partial charge >= 0.3 is 0 Å². The maximum Gasteiger partial charge on any atom is 0.125 e. The third-order valence-corrected chi connectivity index (χ3v) is 2.71. The first-order valence-corrected chi connectivity index (χ1v) is 5.04. The molecule has 0 saturated heterocycles. The fraction of sp³-hybridized carbons (Fsp3) is 0.500. The lowest BCUT2D eigenvalue weighted by molar-refractivity contribution is 0.354. The molecule has 0 unspecified atom stereocenters. The Kier molecular flexibility index (Phi) is 2.04. The average molecular weight is 191 g/mol. The molecule has 2 rings (SSSR count). The van der Waals surface area contributed by atoms with Gasteiger partial charge in [0.2, 0.25) is 0 Å². The molecule has 0 atom stereocenters. The van der Waals surface area contributed by atoms with Crippen molar-refractivity contribution in [3.05, 3.63) is 28.8 Å². The van der Waals surface area contributed by atoms with Crippen LogP contribution < -0.4 is 10.5 Å². The normalized spacial score (nSPS) is 15.1. The highest BCUT2D eigenvalue weighted by Crippen LogP contribution is 2.32. The van der Waals surface area contributed by atoms with Gasteiger partial charge in [-0.05, 0) is 37.5 Å². The zero-order valence-electron chi connectivity index (χ0n) is 9.05. The Morgan fingerprint density at radius 2 is 2.07 bits per heavy atom. The van der Waals surface area contributed by atoms with Crippen LogP contribution in [0.25, 0.3) is 0 Å². The second kappa shape index (κ2) is 2.99. The molecule has 1 aromatic carbocycles. The molecule has 1 heterocycles. The van der Waals surface area contributed by atoms with Gasteiger partial charge in [0, 0.05) is 12.0 Å². The molecule has 0 radical (unpaired) electrons. The molecule has 76 valence electrons. The smallest absolute Gasteiger partial charge is 0.125 e. The Labute approximate surface area is 85.1 Å². The van der Waals surface area contributed by atoms with Crippen molar-refractivity contribution in [2.75, 3.05) is 6.61 Å². The van der Waals surface area contributed by atoms with Crippen LogP contribution in [-0.4, -0.2) is 6.61 Å². The number of fused-ring (bicyclic) bond motifs is 1. The molecule has 0 aromatic heterocycles. The summed E-state index contributed by atoms with van der Waals surface area (Å²) in [7, 11) is 0. The van der Waals surface area contributed by atoms with Crippen molar-refractivity contribution in [1.29, 1.82) is 0 Å². The van der Waals surface area contributed by atoms with Gasteiger partial charge in [-0.15, -0.1) is 0 Å². The average Bonchev–Trinajstić information content (AvgIpc) is 2.50. The number of benzene rings is 1. The van der Waals surface area contributed by atoms with E-state index in [0.717, 1.165) is 18.8 Å². The zero-order chi connectivity index (χ0) is 10.3. The minimum Gasteiger partial charge on any atom is -0.493 e. The minimum absolute atomic E-state index is 0.262. The van der Waals surface area contributed by atoms with E-state index in [0.29, 0.717) is 0 Å². The number of rotatable bonds is 1. The third kappa shape index (κ3) is 1.50. The lowest BCUT2D eigenvalue weighted by Crippen LogP contribution is -2.28. The van der Waals surface area contributed by atoms with Crippen molar-refractivity contribution in [2.45, 2.75) is 32.7 Å². The topological polar surface area (TPSA) is 35.2 Å². The first-order chi connectivity index (χ1) is 6.48. The maximum absolute atomic E-state index is 6.08. The molecule has 14 heavy (non-hydrogen) atoms. The second-order valence-corrected chi connectivity index (χ2v) is 4.60. The van der Waals surface area contributed by atoms with Crippen molar-refractivity contribution in [3.63, 3.8) is 0 Å². The lowest BCUT2D eigenvalue weighted by atomic mass is 9.91. The van der Waals surface area contributed by atoms with Crippen molar-refractivity contribution < 1.29 is 4.74 Å². The molecule has 0 spiro atoms. The fourth-order valence-electron chi connectivity index (χ4n) is 1.87. The monoisotopic (exact) mass is 191 g/mol. The van der Waals surface area contributed by atoms with E-state index in [9.17, 15) is 0 Å². The van der Waals surface area contributed by atoms with Crippen LogP contribution in [0.1, 0.15) is 30.5 Å². The summed E-state index contributed by atoms with van der Waals surface area (Å²) >= 11 is 0. The Hall–Kier alpha value is -1.02. The van der Waals surface area contributed by atoms with Gasteiger partial charge in [-0.1, -0.05) is 12.1 Å². The van der Waals surface area contributed by atoms with Crippen LogP contribution in [0.5, 0.6) is 5.75 Å². The van der Waals surface area contributed by atoms with Crippen LogP contribution in [-0.2, 0) is 12.0 Å². The van der Waals surface area contributed by atoms with E-state index >= 15 is 0 Å². The minimum atomic E-state index is -0.262. The molecule has 1 aromatic rings. The summed E-state index contributed by atoms with van der Waals surface area (Å²) in [6, 6.07) is 4.31. The Balaban J connectivity index is 2.52. The largest absolute Gasteiger partial charge is 0.493 e. The summed E-state index contributed by atoms with van der Waals surface area (Å²) in [6.07, 6.45) is 1.01. The number of hydrogen-bond donors (Lipinski definition) is 1. The molecular formula is C12H17NO. The molecule has 0 bridgehead atoms. The van der Waals surface area contributed by atoms with E-state index in [1.165, 1.54) is 16.7 Å². The van der Waals surface area contributed by atoms with Crippen LogP contribution in [0.3, 0.4) is 0 Å². The molecule has 0 amide bonds. The highest BCUT2D eigenvalue weighted by Gasteiger charge is 2.20. The summed E-state index contributed by atoms with van der Waals surface area (Å²) in [5.74, 6) is 1.07. The Morgan fingerprint density at radius 1 is 1.36 bits per heavy atom. The predicted octanol–water partition coefficient (Wildman–Crippen LogP) is 2.12. The Morgan fingerprint density at radius 3 is 2.71 bits per heavy atom. The highest BCUT2D eigenvalue weighted by atomic mass is 16.5. The molecular weight excluding hydrogens is 174 g/mol. The molecule has 1 aliphatic rings. The SMILES string of the molecule is Cc1cc(C(C)(C)N)cc2c1OCC2. The van der Waals surface area contributed by atoms with E-state index in [2.05, 4.69) is 19.1 Å². The molecule has 1 aliphatic heterocycles. The Bertz CT molecular complexity index is 363.